The van der Waals surface area contributed by atoms with Gasteiger partial charge in [-0.15, -0.1) is 0 Å². The molecule has 0 unspecified atom stereocenters. The lowest BCUT2D eigenvalue weighted by molar-refractivity contribution is 0.666. The van der Waals surface area contributed by atoms with Gasteiger partial charge >= 0.3 is 0 Å². The van der Waals surface area contributed by atoms with Gasteiger partial charge in [-0.05, 0) is 28.4 Å². The molecule has 0 saturated carbocycles. The lowest BCUT2D eigenvalue weighted by Crippen LogP contribution is -1.83. The van der Waals surface area contributed by atoms with Crippen molar-refractivity contribution < 1.29 is 4.42 Å². The molecule has 2 heterocycles. The summed E-state index contributed by atoms with van der Waals surface area (Å²) >= 11 is 11.9. The number of benzene rings is 2. The normalized spacial score (nSPS) is 11.7. The molecule has 19 heavy (non-hydrogen) atoms. The second-order valence-electron chi connectivity index (χ2n) is 4.22. The summed E-state index contributed by atoms with van der Waals surface area (Å²) in [5, 5.41) is 3.44. The van der Waals surface area contributed by atoms with Crippen LogP contribution in [0.1, 0.15) is 0 Å². The molecule has 5 heteroatoms. The summed E-state index contributed by atoms with van der Waals surface area (Å²) in [6.45, 7) is 0. The highest BCUT2D eigenvalue weighted by Gasteiger charge is 2.15. The van der Waals surface area contributed by atoms with E-state index in [9.17, 15) is 0 Å². The highest BCUT2D eigenvalue weighted by molar-refractivity contribution is 6.36. The number of furan rings is 1. The number of halogens is 2. The van der Waals surface area contributed by atoms with Gasteiger partial charge < -0.3 is 4.42 Å². The van der Waals surface area contributed by atoms with Crippen molar-refractivity contribution in [3.63, 3.8) is 0 Å². The first kappa shape index (κ1) is 11.0. The average molecular weight is 289 g/mol. The first-order chi connectivity index (χ1) is 9.24. The standard InChI is InChI=1S/C14H6Cl2N2O/c15-13-12-11(17-14(16)18-13)10-8-4-2-1-3-7(8)5-6-9(10)19-12/h1-6H. The minimum Gasteiger partial charge on any atom is -0.451 e. The SMILES string of the molecule is Clc1nc(Cl)c2oc3ccc4ccccc4c3c2n1. The molecule has 0 bridgehead atoms. The van der Waals surface area contributed by atoms with Gasteiger partial charge in [0.25, 0.3) is 0 Å². The summed E-state index contributed by atoms with van der Waals surface area (Å²) in [7, 11) is 0. The van der Waals surface area contributed by atoms with Gasteiger partial charge in [0.15, 0.2) is 10.7 Å². The number of nitrogens with zero attached hydrogens (tertiary/aromatic N) is 2. The summed E-state index contributed by atoms with van der Waals surface area (Å²) in [5.41, 5.74) is 1.85. The Balaban J connectivity index is 2.35. The van der Waals surface area contributed by atoms with E-state index in [1.54, 1.807) is 0 Å². The topological polar surface area (TPSA) is 38.9 Å². The Kier molecular flexibility index (Phi) is 2.22. The van der Waals surface area contributed by atoms with Crippen molar-refractivity contribution in [1.29, 1.82) is 0 Å². The summed E-state index contributed by atoms with van der Waals surface area (Å²) in [6.07, 6.45) is 0. The van der Waals surface area contributed by atoms with Crippen LogP contribution in [0.3, 0.4) is 0 Å². The van der Waals surface area contributed by atoms with Crippen molar-refractivity contribution >= 4 is 56.0 Å². The molecule has 2 aromatic carbocycles. The third-order valence-corrected chi connectivity index (χ3v) is 3.56. The molecule has 0 aliphatic rings. The molecule has 0 radical (unpaired) electrons. The van der Waals surface area contributed by atoms with E-state index in [2.05, 4.69) is 9.97 Å². The van der Waals surface area contributed by atoms with E-state index >= 15 is 0 Å². The Morgan fingerprint density at radius 2 is 1.79 bits per heavy atom. The van der Waals surface area contributed by atoms with E-state index in [0.29, 0.717) is 11.1 Å². The van der Waals surface area contributed by atoms with Crippen LogP contribution in [0, 0.1) is 0 Å². The molecule has 0 aliphatic heterocycles. The van der Waals surface area contributed by atoms with Gasteiger partial charge in [0.2, 0.25) is 5.28 Å². The van der Waals surface area contributed by atoms with Gasteiger partial charge in [-0.1, -0.05) is 41.9 Å². The van der Waals surface area contributed by atoms with Crippen LogP contribution in [-0.4, -0.2) is 9.97 Å². The Bertz CT molecular complexity index is 946. The second kappa shape index (κ2) is 3.83. The third-order valence-electron chi connectivity index (χ3n) is 3.14. The van der Waals surface area contributed by atoms with Gasteiger partial charge in [-0.25, -0.2) is 9.97 Å². The average Bonchev–Trinajstić information content (AvgIpc) is 2.78. The van der Waals surface area contributed by atoms with Crippen LogP contribution in [0.4, 0.5) is 0 Å². The van der Waals surface area contributed by atoms with Crippen molar-refractivity contribution in [2.24, 2.45) is 0 Å². The summed E-state index contributed by atoms with van der Waals surface area (Å²) in [4.78, 5) is 8.15. The third kappa shape index (κ3) is 1.52. The molecular formula is C14H6Cl2N2O. The quantitative estimate of drug-likeness (QED) is 0.343. The highest BCUT2D eigenvalue weighted by atomic mass is 35.5. The van der Waals surface area contributed by atoms with Crippen molar-refractivity contribution in [1.82, 2.24) is 9.97 Å². The van der Waals surface area contributed by atoms with Crippen molar-refractivity contribution in [3.8, 4) is 0 Å². The van der Waals surface area contributed by atoms with Gasteiger partial charge in [-0.2, -0.15) is 0 Å². The van der Waals surface area contributed by atoms with Crippen LogP contribution >= 0.6 is 23.2 Å². The van der Waals surface area contributed by atoms with Gasteiger partial charge in [0.05, 0.1) is 5.39 Å². The first-order valence-electron chi connectivity index (χ1n) is 5.67. The molecule has 0 atom stereocenters. The molecule has 92 valence electrons. The Morgan fingerprint density at radius 1 is 0.947 bits per heavy atom. The maximum atomic E-state index is 6.06. The second-order valence-corrected chi connectivity index (χ2v) is 4.92. The highest BCUT2D eigenvalue weighted by Crippen LogP contribution is 2.36. The molecule has 3 nitrogen and oxygen atoms in total. The van der Waals surface area contributed by atoms with Crippen molar-refractivity contribution in [3.05, 3.63) is 46.8 Å². The molecule has 0 saturated heterocycles. The fourth-order valence-electron chi connectivity index (χ4n) is 2.35. The van der Waals surface area contributed by atoms with Crippen molar-refractivity contribution in [2.45, 2.75) is 0 Å². The molecule has 0 amide bonds. The van der Waals surface area contributed by atoms with Crippen LogP contribution in [0.25, 0.3) is 32.8 Å². The lowest BCUT2D eigenvalue weighted by atomic mass is 10.1. The van der Waals surface area contributed by atoms with E-state index in [1.807, 2.05) is 36.4 Å². The zero-order valence-electron chi connectivity index (χ0n) is 9.52. The van der Waals surface area contributed by atoms with Gasteiger partial charge in [-0.3, -0.25) is 0 Å². The summed E-state index contributed by atoms with van der Waals surface area (Å²) in [6, 6.07) is 11.9. The number of rotatable bonds is 0. The molecule has 4 rings (SSSR count). The molecule has 4 aromatic rings. The number of fused-ring (bicyclic) bond motifs is 5. The Hall–Kier alpha value is -1.84. The smallest absolute Gasteiger partial charge is 0.224 e. The number of hydrogen-bond acceptors (Lipinski definition) is 3. The zero-order valence-corrected chi connectivity index (χ0v) is 11.0. The maximum absolute atomic E-state index is 6.06. The predicted octanol–water partition coefficient (Wildman–Crippen LogP) is 4.84. The minimum atomic E-state index is 0.119. The molecule has 0 N–H and O–H groups in total. The Labute approximate surface area is 117 Å². The van der Waals surface area contributed by atoms with E-state index < -0.39 is 0 Å². The van der Waals surface area contributed by atoms with E-state index in [0.717, 1.165) is 21.7 Å². The summed E-state index contributed by atoms with van der Waals surface area (Å²) < 4.78 is 5.73. The van der Waals surface area contributed by atoms with Crippen LogP contribution in [0.2, 0.25) is 10.4 Å². The van der Waals surface area contributed by atoms with E-state index in [-0.39, 0.29) is 10.4 Å². The lowest BCUT2D eigenvalue weighted by Gasteiger charge is -1.98. The molecular weight excluding hydrogens is 283 g/mol. The molecule has 0 spiro atoms. The predicted molar refractivity (Wildman–Crippen MR) is 76.8 cm³/mol. The zero-order chi connectivity index (χ0) is 13.0. The largest absolute Gasteiger partial charge is 0.451 e. The van der Waals surface area contributed by atoms with E-state index in [1.165, 1.54) is 0 Å². The maximum Gasteiger partial charge on any atom is 0.224 e. The van der Waals surface area contributed by atoms with Crippen LogP contribution in [0.15, 0.2) is 40.8 Å². The van der Waals surface area contributed by atoms with Crippen LogP contribution in [-0.2, 0) is 0 Å². The monoisotopic (exact) mass is 288 g/mol. The number of aromatic nitrogens is 2. The minimum absolute atomic E-state index is 0.119. The Morgan fingerprint density at radius 3 is 2.68 bits per heavy atom. The van der Waals surface area contributed by atoms with Crippen molar-refractivity contribution in [2.75, 3.05) is 0 Å². The van der Waals surface area contributed by atoms with Gasteiger partial charge in [0, 0.05) is 0 Å². The molecule has 0 aliphatic carbocycles. The molecule has 0 fully saturated rings. The van der Waals surface area contributed by atoms with E-state index in [4.69, 9.17) is 27.6 Å². The van der Waals surface area contributed by atoms with Crippen LogP contribution < -0.4 is 0 Å². The first-order valence-corrected chi connectivity index (χ1v) is 6.42. The molecule has 2 aromatic heterocycles. The number of hydrogen-bond donors (Lipinski definition) is 0. The summed E-state index contributed by atoms with van der Waals surface area (Å²) in [5.74, 6) is 0. The fraction of sp³-hybridized carbons (Fsp3) is 0. The van der Waals surface area contributed by atoms with Crippen LogP contribution in [0.5, 0.6) is 0 Å². The van der Waals surface area contributed by atoms with Gasteiger partial charge in [0.1, 0.15) is 11.1 Å². The fourth-order valence-corrected chi connectivity index (χ4v) is 2.77.